The Morgan fingerprint density at radius 2 is 1.88 bits per heavy atom. The summed E-state index contributed by atoms with van der Waals surface area (Å²) < 4.78 is 19.1. The molecule has 2 amide bonds. The van der Waals surface area contributed by atoms with Crippen molar-refractivity contribution in [3.63, 3.8) is 0 Å². The summed E-state index contributed by atoms with van der Waals surface area (Å²) >= 11 is 0. The van der Waals surface area contributed by atoms with Crippen molar-refractivity contribution in [1.29, 1.82) is 0 Å². The van der Waals surface area contributed by atoms with Gasteiger partial charge in [0.25, 0.3) is 11.8 Å². The van der Waals surface area contributed by atoms with Crippen molar-refractivity contribution < 1.29 is 18.7 Å². The van der Waals surface area contributed by atoms with Gasteiger partial charge in [-0.3, -0.25) is 9.59 Å². The highest BCUT2D eigenvalue weighted by atomic mass is 19.1. The third kappa shape index (κ3) is 4.03. The van der Waals surface area contributed by atoms with Gasteiger partial charge in [0.2, 0.25) is 0 Å². The van der Waals surface area contributed by atoms with Crippen molar-refractivity contribution in [2.75, 3.05) is 25.0 Å². The number of hydrogen-bond acceptors (Lipinski definition) is 3. The molecule has 1 N–H and O–H groups in total. The molecule has 1 heterocycles. The SMILES string of the molecule is CC1CN(C(=O)c2ccc(NC(=O)c3ccccc3F)cc2)CCO1. The van der Waals surface area contributed by atoms with E-state index in [4.69, 9.17) is 4.74 Å². The van der Waals surface area contributed by atoms with E-state index in [1.54, 1.807) is 35.2 Å². The van der Waals surface area contributed by atoms with E-state index in [9.17, 15) is 14.0 Å². The zero-order chi connectivity index (χ0) is 17.8. The summed E-state index contributed by atoms with van der Waals surface area (Å²) in [5.74, 6) is -1.17. The largest absolute Gasteiger partial charge is 0.375 e. The first kappa shape index (κ1) is 17.1. The number of morpholine rings is 1. The van der Waals surface area contributed by atoms with Crippen molar-refractivity contribution in [2.45, 2.75) is 13.0 Å². The second-order valence-corrected chi connectivity index (χ2v) is 5.94. The number of anilines is 1. The van der Waals surface area contributed by atoms with Crippen LogP contribution in [-0.4, -0.2) is 42.5 Å². The fourth-order valence-corrected chi connectivity index (χ4v) is 2.73. The third-order valence-corrected chi connectivity index (χ3v) is 4.04. The topological polar surface area (TPSA) is 58.6 Å². The Kier molecular flexibility index (Phi) is 5.09. The maximum absolute atomic E-state index is 13.6. The lowest BCUT2D eigenvalue weighted by Crippen LogP contribution is -2.44. The molecule has 2 aromatic carbocycles. The van der Waals surface area contributed by atoms with Gasteiger partial charge in [-0.2, -0.15) is 0 Å². The first-order chi connectivity index (χ1) is 12.0. The van der Waals surface area contributed by atoms with Crippen molar-refractivity contribution in [3.8, 4) is 0 Å². The van der Waals surface area contributed by atoms with Gasteiger partial charge in [0, 0.05) is 24.3 Å². The highest BCUT2D eigenvalue weighted by Crippen LogP contribution is 2.16. The molecule has 6 heteroatoms. The van der Waals surface area contributed by atoms with Crippen molar-refractivity contribution >= 4 is 17.5 Å². The standard InChI is InChI=1S/C19H19FN2O3/c1-13-12-22(10-11-25-13)19(24)14-6-8-15(9-7-14)21-18(23)16-4-2-3-5-17(16)20/h2-9,13H,10-12H2,1H3,(H,21,23). The summed E-state index contributed by atoms with van der Waals surface area (Å²) in [6.07, 6.45) is 0.0250. The second-order valence-electron chi connectivity index (χ2n) is 5.94. The van der Waals surface area contributed by atoms with E-state index in [-0.39, 0.29) is 17.6 Å². The first-order valence-electron chi connectivity index (χ1n) is 8.11. The molecule has 1 atom stereocenters. The quantitative estimate of drug-likeness (QED) is 0.933. The molecule has 1 fully saturated rings. The van der Waals surface area contributed by atoms with E-state index in [0.717, 1.165) is 0 Å². The number of amides is 2. The molecule has 25 heavy (non-hydrogen) atoms. The Morgan fingerprint density at radius 3 is 2.56 bits per heavy atom. The van der Waals surface area contributed by atoms with Gasteiger partial charge >= 0.3 is 0 Å². The maximum Gasteiger partial charge on any atom is 0.258 e. The highest BCUT2D eigenvalue weighted by molar-refractivity contribution is 6.04. The molecule has 1 unspecified atom stereocenters. The van der Waals surface area contributed by atoms with Crippen LogP contribution in [0.5, 0.6) is 0 Å². The fourth-order valence-electron chi connectivity index (χ4n) is 2.73. The number of ether oxygens (including phenoxy) is 1. The number of rotatable bonds is 3. The van der Waals surface area contributed by atoms with Gasteiger partial charge in [-0.05, 0) is 43.3 Å². The summed E-state index contributed by atoms with van der Waals surface area (Å²) in [6, 6.07) is 12.4. The van der Waals surface area contributed by atoms with Crippen LogP contribution >= 0.6 is 0 Å². The average Bonchev–Trinajstić information content (AvgIpc) is 2.62. The summed E-state index contributed by atoms with van der Waals surface area (Å²) in [7, 11) is 0. The van der Waals surface area contributed by atoms with Crippen LogP contribution in [0.1, 0.15) is 27.6 Å². The molecule has 5 nitrogen and oxygen atoms in total. The van der Waals surface area contributed by atoms with Crippen LogP contribution in [0.15, 0.2) is 48.5 Å². The highest BCUT2D eigenvalue weighted by Gasteiger charge is 2.22. The molecule has 0 aliphatic carbocycles. The normalized spacial score (nSPS) is 17.2. The van der Waals surface area contributed by atoms with Gasteiger partial charge in [-0.1, -0.05) is 12.1 Å². The molecule has 1 aliphatic heterocycles. The van der Waals surface area contributed by atoms with E-state index < -0.39 is 11.7 Å². The number of halogens is 1. The maximum atomic E-state index is 13.6. The van der Waals surface area contributed by atoms with Crippen LogP contribution in [0.3, 0.4) is 0 Å². The summed E-state index contributed by atoms with van der Waals surface area (Å²) in [6.45, 7) is 3.59. The van der Waals surface area contributed by atoms with Gasteiger partial charge in [0.05, 0.1) is 18.3 Å². The molecule has 2 aromatic rings. The van der Waals surface area contributed by atoms with Gasteiger partial charge < -0.3 is 15.0 Å². The van der Waals surface area contributed by atoms with Crippen molar-refractivity contribution in [2.24, 2.45) is 0 Å². The predicted molar refractivity (Wildman–Crippen MR) is 92.1 cm³/mol. The van der Waals surface area contributed by atoms with E-state index in [1.165, 1.54) is 18.2 Å². The molecule has 0 radical (unpaired) electrons. The van der Waals surface area contributed by atoms with Gasteiger partial charge in [0.15, 0.2) is 0 Å². The Labute approximate surface area is 145 Å². The lowest BCUT2D eigenvalue weighted by Gasteiger charge is -2.31. The van der Waals surface area contributed by atoms with Gasteiger partial charge in [-0.25, -0.2) is 4.39 Å². The monoisotopic (exact) mass is 342 g/mol. The Hall–Kier alpha value is -2.73. The first-order valence-corrected chi connectivity index (χ1v) is 8.11. The summed E-state index contributed by atoms with van der Waals surface area (Å²) in [4.78, 5) is 26.3. The van der Waals surface area contributed by atoms with Crippen molar-refractivity contribution in [1.82, 2.24) is 4.90 Å². The average molecular weight is 342 g/mol. The second kappa shape index (κ2) is 7.44. The number of nitrogens with zero attached hydrogens (tertiary/aromatic N) is 1. The zero-order valence-corrected chi connectivity index (χ0v) is 13.9. The molecule has 0 saturated carbocycles. The number of benzene rings is 2. The van der Waals surface area contributed by atoms with Crippen LogP contribution in [-0.2, 0) is 4.74 Å². The predicted octanol–water partition coefficient (Wildman–Crippen LogP) is 2.94. The molecular weight excluding hydrogens is 323 g/mol. The molecule has 0 spiro atoms. The molecule has 1 saturated heterocycles. The van der Waals surface area contributed by atoms with E-state index >= 15 is 0 Å². The van der Waals surface area contributed by atoms with Crippen LogP contribution in [0.4, 0.5) is 10.1 Å². The molecule has 0 bridgehead atoms. The lowest BCUT2D eigenvalue weighted by molar-refractivity contribution is -0.0124. The molecule has 0 aromatic heterocycles. The van der Waals surface area contributed by atoms with Crippen LogP contribution in [0, 0.1) is 5.82 Å². The zero-order valence-electron chi connectivity index (χ0n) is 13.9. The smallest absolute Gasteiger partial charge is 0.258 e. The number of hydrogen-bond donors (Lipinski definition) is 1. The van der Waals surface area contributed by atoms with E-state index in [2.05, 4.69) is 5.32 Å². The van der Waals surface area contributed by atoms with Crippen LogP contribution < -0.4 is 5.32 Å². The fraction of sp³-hybridized carbons (Fsp3) is 0.263. The van der Waals surface area contributed by atoms with Gasteiger partial charge in [-0.15, -0.1) is 0 Å². The molecule has 3 rings (SSSR count). The molecule has 1 aliphatic rings. The minimum absolute atomic E-state index is 0.0232. The van der Waals surface area contributed by atoms with Crippen LogP contribution in [0.2, 0.25) is 0 Å². The Morgan fingerprint density at radius 1 is 1.16 bits per heavy atom. The Bertz CT molecular complexity index is 776. The minimum atomic E-state index is -0.576. The van der Waals surface area contributed by atoms with Crippen molar-refractivity contribution in [3.05, 3.63) is 65.5 Å². The van der Waals surface area contributed by atoms with E-state index in [0.29, 0.717) is 30.9 Å². The van der Waals surface area contributed by atoms with E-state index in [1.807, 2.05) is 6.92 Å². The molecule has 130 valence electrons. The van der Waals surface area contributed by atoms with Crippen LogP contribution in [0.25, 0.3) is 0 Å². The summed E-state index contributed by atoms with van der Waals surface area (Å²) in [5.41, 5.74) is 1.02. The third-order valence-electron chi connectivity index (χ3n) is 4.04. The van der Waals surface area contributed by atoms with Gasteiger partial charge in [0.1, 0.15) is 5.82 Å². The molecular formula is C19H19FN2O3. The summed E-state index contributed by atoms with van der Waals surface area (Å²) in [5, 5.41) is 2.63. The Balaban J connectivity index is 1.67. The number of nitrogens with one attached hydrogen (secondary N) is 1. The lowest BCUT2D eigenvalue weighted by atomic mass is 10.1. The number of carbonyl (C=O) groups excluding carboxylic acids is 2. The minimum Gasteiger partial charge on any atom is -0.375 e. The number of carbonyl (C=O) groups is 2.